The molecule has 1 N–H and O–H groups in total. The van der Waals surface area contributed by atoms with Crippen molar-refractivity contribution in [3.8, 4) is 0 Å². The average Bonchev–Trinajstić information content (AvgIpc) is 2.58. The molecule has 0 radical (unpaired) electrons. The Morgan fingerprint density at radius 2 is 1.74 bits per heavy atom. The zero-order valence-electron chi connectivity index (χ0n) is 12.4. The first-order valence-electron chi connectivity index (χ1n) is 7.04. The summed E-state index contributed by atoms with van der Waals surface area (Å²) in [6.45, 7) is 0.0423. The van der Waals surface area contributed by atoms with E-state index < -0.39 is 5.97 Å². The van der Waals surface area contributed by atoms with Gasteiger partial charge in [0.1, 0.15) is 13.2 Å². The van der Waals surface area contributed by atoms with E-state index >= 15 is 0 Å². The van der Waals surface area contributed by atoms with Crippen molar-refractivity contribution < 1.29 is 14.3 Å². The summed E-state index contributed by atoms with van der Waals surface area (Å²) in [6, 6.07) is 16.9. The molecule has 0 spiro atoms. The fourth-order valence-corrected chi connectivity index (χ4v) is 2.02. The predicted octanol–water partition coefficient (Wildman–Crippen LogP) is 3.32. The van der Waals surface area contributed by atoms with Crippen molar-refractivity contribution in [3.05, 3.63) is 76.3 Å². The van der Waals surface area contributed by atoms with Crippen LogP contribution in [0.3, 0.4) is 0 Å². The fraction of sp³-hybridized carbons (Fsp3) is 0.111. The molecular formula is C18H16BrNO3. The first-order valence-corrected chi connectivity index (χ1v) is 7.84. The highest BCUT2D eigenvalue weighted by molar-refractivity contribution is 9.10. The maximum absolute atomic E-state index is 11.6. The van der Waals surface area contributed by atoms with Crippen LogP contribution in [0.2, 0.25) is 0 Å². The molecule has 5 heteroatoms. The van der Waals surface area contributed by atoms with Crippen molar-refractivity contribution in [3.63, 3.8) is 0 Å². The molecular weight excluding hydrogens is 358 g/mol. The number of carbonyl (C=O) groups excluding carboxylic acids is 2. The van der Waals surface area contributed by atoms with Crippen molar-refractivity contribution in [2.45, 2.75) is 6.61 Å². The van der Waals surface area contributed by atoms with Gasteiger partial charge in [0.15, 0.2) is 0 Å². The van der Waals surface area contributed by atoms with Crippen LogP contribution in [0.5, 0.6) is 0 Å². The van der Waals surface area contributed by atoms with Gasteiger partial charge in [-0.2, -0.15) is 0 Å². The molecule has 0 aliphatic carbocycles. The molecule has 0 bridgehead atoms. The Morgan fingerprint density at radius 1 is 1.04 bits per heavy atom. The van der Waals surface area contributed by atoms with Gasteiger partial charge >= 0.3 is 5.97 Å². The molecule has 0 saturated carbocycles. The lowest BCUT2D eigenvalue weighted by molar-refractivity contribution is -0.144. The molecule has 2 aromatic rings. The monoisotopic (exact) mass is 373 g/mol. The summed E-state index contributed by atoms with van der Waals surface area (Å²) in [5, 5.41) is 2.49. The van der Waals surface area contributed by atoms with Gasteiger partial charge in [-0.3, -0.25) is 9.59 Å². The number of rotatable bonds is 6. The predicted molar refractivity (Wildman–Crippen MR) is 92.4 cm³/mol. The van der Waals surface area contributed by atoms with Gasteiger partial charge in [0.25, 0.3) is 0 Å². The number of halogens is 1. The van der Waals surface area contributed by atoms with Crippen LogP contribution in [0.25, 0.3) is 6.08 Å². The SMILES string of the molecule is O=C(/C=C/c1ccc(Br)cc1)NCC(=O)OCc1ccccc1. The van der Waals surface area contributed by atoms with E-state index in [2.05, 4.69) is 21.2 Å². The van der Waals surface area contributed by atoms with Gasteiger partial charge in [0.2, 0.25) is 5.91 Å². The van der Waals surface area contributed by atoms with Gasteiger partial charge < -0.3 is 10.1 Å². The highest BCUT2D eigenvalue weighted by atomic mass is 79.9. The Hall–Kier alpha value is -2.40. The third-order valence-electron chi connectivity index (χ3n) is 2.95. The zero-order valence-corrected chi connectivity index (χ0v) is 14.0. The second-order valence-corrected chi connectivity index (χ2v) is 5.66. The van der Waals surface area contributed by atoms with Crippen molar-refractivity contribution in [2.75, 3.05) is 6.54 Å². The molecule has 0 atom stereocenters. The molecule has 2 aromatic carbocycles. The highest BCUT2D eigenvalue weighted by Gasteiger charge is 2.04. The van der Waals surface area contributed by atoms with E-state index in [1.807, 2.05) is 54.6 Å². The lowest BCUT2D eigenvalue weighted by atomic mass is 10.2. The summed E-state index contributed by atoms with van der Waals surface area (Å²) in [5.74, 6) is -0.816. The van der Waals surface area contributed by atoms with Gasteiger partial charge in [-0.25, -0.2) is 0 Å². The van der Waals surface area contributed by atoms with E-state index in [1.54, 1.807) is 6.08 Å². The van der Waals surface area contributed by atoms with Crippen molar-refractivity contribution >= 4 is 33.9 Å². The maximum Gasteiger partial charge on any atom is 0.325 e. The lowest BCUT2D eigenvalue weighted by Gasteiger charge is -2.05. The molecule has 0 unspecified atom stereocenters. The Morgan fingerprint density at radius 3 is 2.43 bits per heavy atom. The molecule has 0 saturated heterocycles. The standard InChI is InChI=1S/C18H16BrNO3/c19-16-9-6-14(7-10-16)8-11-17(21)20-12-18(22)23-13-15-4-2-1-3-5-15/h1-11H,12-13H2,(H,20,21)/b11-8+. The molecule has 0 heterocycles. The minimum atomic E-state index is -0.473. The van der Waals surface area contributed by atoms with Gasteiger partial charge in [-0.1, -0.05) is 58.4 Å². The van der Waals surface area contributed by atoms with Crippen molar-refractivity contribution in [1.82, 2.24) is 5.32 Å². The Labute approximate surface area is 143 Å². The number of esters is 1. The number of amides is 1. The average molecular weight is 374 g/mol. The van der Waals surface area contributed by atoms with Crippen LogP contribution in [0.4, 0.5) is 0 Å². The van der Waals surface area contributed by atoms with Crippen LogP contribution in [-0.2, 0) is 20.9 Å². The summed E-state index contributed by atoms with van der Waals surface area (Å²) in [7, 11) is 0. The topological polar surface area (TPSA) is 55.4 Å². The van der Waals surface area contributed by atoms with Crippen LogP contribution < -0.4 is 5.32 Å². The summed E-state index contributed by atoms with van der Waals surface area (Å²) in [5.41, 5.74) is 1.80. The number of benzene rings is 2. The van der Waals surface area contributed by atoms with Gasteiger partial charge in [-0.05, 0) is 29.3 Å². The Balaban J connectivity index is 1.71. The van der Waals surface area contributed by atoms with Crippen molar-refractivity contribution in [1.29, 1.82) is 0 Å². The number of carbonyl (C=O) groups is 2. The second-order valence-electron chi connectivity index (χ2n) is 4.75. The van der Waals surface area contributed by atoms with Gasteiger partial charge in [0.05, 0.1) is 0 Å². The summed E-state index contributed by atoms with van der Waals surface area (Å²) < 4.78 is 6.04. The third-order valence-corrected chi connectivity index (χ3v) is 3.48. The first-order chi connectivity index (χ1) is 11.1. The van der Waals surface area contributed by atoms with E-state index in [1.165, 1.54) is 6.08 Å². The van der Waals surface area contributed by atoms with E-state index in [-0.39, 0.29) is 19.1 Å². The largest absolute Gasteiger partial charge is 0.460 e. The van der Waals surface area contributed by atoms with E-state index in [9.17, 15) is 9.59 Å². The van der Waals surface area contributed by atoms with E-state index in [4.69, 9.17) is 4.74 Å². The number of ether oxygens (including phenoxy) is 1. The molecule has 0 aliphatic heterocycles. The van der Waals surface area contributed by atoms with Crippen LogP contribution in [0.15, 0.2) is 65.1 Å². The zero-order chi connectivity index (χ0) is 16.5. The van der Waals surface area contributed by atoms with Crippen LogP contribution in [-0.4, -0.2) is 18.4 Å². The normalized spacial score (nSPS) is 10.5. The third kappa shape index (κ3) is 6.48. The van der Waals surface area contributed by atoms with Gasteiger partial charge in [0, 0.05) is 10.5 Å². The number of hydrogen-bond donors (Lipinski definition) is 1. The molecule has 118 valence electrons. The molecule has 4 nitrogen and oxygen atoms in total. The van der Waals surface area contributed by atoms with E-state index in [0.29, 0.717) is 0 Å². The maximum atomic E-state index is 11.6. The molecule has 0 aliphatic rings. The lowest BCUT2D eigenvalue weighted by Crippen LogP contribution is -2.29. The number of nitrogens with one attached hydrogen (secondary N) is 1. The summed E-state index contributed by atoms with van der Waals surface area (Å²) in [4.78, 5) is 23.2. The fourth-order valence-electron chi connectivity index (χ4n) is 1.75. The number of hydrogen-bond acceptors (Lipinski definition) is 3. The molecule has 2 rings (SSSR count). The van der Waals surface area contributed by atoms with E-state index in [0.717, 1.165) is 15.6 Å². The second kappa shape index (κ2) is 8.90. The van der Waals surface area contributed by atoms with Crippen LogP contribution in [0, 0.1) is 0 Å². The summed E-state index contributed by atoms with van der Waals surface area (Å²) in [6.07, 6.45) is 3.06. The highest BCUT2D eigenvalue weighted by Crippen LogP contribution is 2.11. The van der Waals surface area contributed by atoms with Crippen LogP contribution >= 0.6 is 15.9 Å². The Kier molecular flexibility index (Phi) is 6.56. The molecule has 23 heavy (non-hydrogen) atoms. The summed E-state index contributed by atoms with van der Waals surface area (Å²) >= 11 is 3.34. The minimum absolute atomic E-state index is 0.156. The molecule has 0 aromatic heterocycles. The Bertz CT molecular complexity index is 681. The quantitative estimate of drug-likeness (QED) is 0.624. The van der Waals surface area contributed by atoms with Crippen LogP contribution in [0.1, 0.15) is 11.1 Å². The van der Waals surface area contributed by atoms with Crippen molar-refractivity contribution in [2.24, 2.45) is 0 Å². The molecule has 0 fully saturated rings. The first kappa shape index (κ1) is 17.0. The molecule has 1 amide bonds. The smallest absolute Gasteiger partial charge is 0.325 e. The minimum Gasteiger partial charge on any atom is -0.460 e. The van der Waals surface area contributed by atoms with Gasteiger partial charge in [-0.15, -0.1) is 0 Å².